The molecule has 0 heterocycles. The summed E-state index contributed by atoms with van der Waals surface area (Å²) in [6.07, 6.45) is 5.24. The molecule has 0 spiro atoms. The Balaban J connectivity index is 2.01. The van der Waals surface area contributed by atoms with Gasteiger partial charge in [0, 0.05) is 0 Å². The van der Waals surface area contributed by atoms with E-state index in [0.29, 0.717) is 11.5 Å². The lowest BCUT2D eigenvalue weighted by Crippen LogP contribution is -1.99. The Morgan fingerprint density at radius 3 is 1.48 bits per heavy atom. The average Bonchev–Trinajstić information content (AvgIpc) is 2.51. The predicted octanol–water partition coefficient (Wildman–Crippen LogP) is 5.42. The van der Waals surface area contributed by atoms with Crippen molar-refractivity contribution in [3.63, 3.8) is 0 Å². The van der Waals surface area contributed by atoms with Gasteiger partial charge in [-0.1, -0.05) is 36.4 Å². The molecule has 3 nitrogen and oxygen atoms in total. The van der Waals surface area contributed by atoms with E-state index in [1.165, 1.54) is 6.66 Å². The van der Waals surface area contributed by atoms with E-state index in [1.807, 2.05) is 36.4 Å². The summed E-state index contributed by atoms with van der Waals surface area (Å²) >= 11 is 0. The van der Waals surface area contributed by atoms with Gasteiger partial charge in [0.15, 0.2) is 0 Å². The molecule has 2 aromatic rings. The zero-order valence-corrected chi connectivity index (χ0v) is 14.2. The Kier molecular flexibility index (Phi) is 5.84. The quantitative estimate of drug-likeness (QED) is 0.479. The van der Waals surface area contributed by atoms with Crippen LogP contribution in [0, 0.1) is 0 Å². The molecule has 2 rings (SSSR count). The molecule has 0 aliphatic carbocycles. The van der Waals surface area contributed by atoms with Gasteiger partial charge < -0.3 is 9.05 Å². The maximum atomic E-state index is 12.5. The third kappa shape index (κ3) is 5.46. The Labute approximate surface area is 137 Å². The highest BCUT2D eigenvalue weighted by Crippen LogP contribution is 2.44. The van der Waals surface area contributed by atoms with Crippen molar-refractivity contribution in [3.05, 3.63) is 85.0 Å². The standard InChI is InChI=1S/C19H21O3P/c1-4-6-16-8-12-18(13-9-16)21-23(3,20)22-19-14-10-17(7-5-2)11-15-19/h4-5,8-15H,1-2,6-7H2,3H3. The lowest BCUT2D eigenvalue weighted by atomic mass is 10.1. The minimum absolute atomic E-state index is 0.520. The van der Waals surface area contributed by atoms with E-state index in [2.05, 4.69) is 13.2 Å². The van der Waals surface area contributed by atoms with Crippen LogP contribution in [0.1, 0.15) is 11.1 Å². The lowest BCUT2D eigenvalue weighted by molar-refractivity contribution is 0.393. The molecular formula is C19H21O3P. The number of hydrogen-bond acceptors (Lipinski definition) is 3. The molecule has 0 amide bonds. The van der Waals surface area contributed by atoms with Crippen LogP contribution in [0.4, 0.5) is 0 Å². The summed E-state index contributed by atoms with van der Waals surface area (Å²) in [5.41, 5.74) is 2.24. The number of hydrogen-bond donors (Lipinski definition) is 0. The molecule has 0 saturated carbocycles. The molecule has 23 heavy (non-hydrogen) atoms. The van der Waals surface area contributed by atoms with Crippen molar-refractivity contribution in [2.24, 2.45) is 0 Å². The number of rotatable bonds is 8. The molecular weight excluding hydrogens is 307 g/mol. The van der Waals surface area contributed by atoms with Crippen molar-refractivity contribution in [1.29, 1.82) is 0 Å². The van der Waals surface area contributed by atoms with Gasteiger partial charge in [0.1, 0.15) is 11.5 Å². The lowest BCUT2D eigenvalue weighted by Gasteiger charge is -2.16. The van der Waals surface area contributed by atoms with E-state index in [4.69, 9.17) is 9.05 Å². The van der Waals surface area contributed by atoms with Crippen molar-refractivity contribution in [1.82, 2.24) is 0 Å². The molecule has 0 atom stereocenters. The summed E-state index contributed by atoms with van der Waals surface area (Å²) in [4.78, 5) is 0. The Bertz CT molecular complexity index is 643. The maximum Gasteiger partial charge on any atom is 0.427 e. The van der Waals surface area contributed by atoms with Crippen LogP contribution < -0.4 is 9.05 Å². The Morgan fingerprint density at radius 2 is 1.17 bits per heavy atom. The smallest absolute Gasteiger partial charge is 0.416 e. The minimum Gasteiger partial charge on any atom is -0.416 e. The molecule has 4 heteroatoms. The van der Waals surface area contributed by atoms with Crippen molar-refractivity contribution >= 4 is 7.60 Å². The Hall–Kier alpha value is -2.25. The molecule has 0 unspecified atom stereocenters. The van der Waals surface area contributed by atoms with Gasteiger partial charge in [-0.2, -0.15) is 0 Å². The third-order valence-electron chi connectivity index (χ3n) is 3.15. The van der Waals surface area contributed by atoms with Crippen LogP contribution in [-0.2, 0) is 17.4 Å². The second kappa shape index (κ2) is 7.85. The van der Waals surface area contributed by atoms with E-state index < -0.39 is 7.60 Å². The second-order valence-corrected chi connectivity index (χ2v) is 7.14. The van der Waals surface area contributed by atoms with Crippen molar-refractivity contribution in [2.75, 3.05) is 6.66 Å². The summed E-state index contributed by atoms with van der Waals surface area (Å²) in [5.74, 6) is 1.04. The van der Waals surface area contributed by atoms with Gasteiger partial charge in [-0.3, -0.25) is 0 Å². The zero-order chi connectivity index (χ0) is 16.7. The molecule has 0 aliphatic heterocycles. The summed E-state index contributed by atoms with van der Waals surface area (Å²) in [7, 11) is -3.24. The van der Waals surface area contributed by atoms with E-state index in [9.17, 15) is 4.57 Å². The maximum absolute atomic E-state index is 12.5. The van der Waals surface area contributed by atoms with E-state index in [-0.39, 0.29) is 0 Å². The van der Waals surface area contributed by atoms with Crippen LogP contribution in [0.5, 0.6) is 11.5 Å². The topological polar surface area (TPSA) is 35.5 Å². The Morgan fingerprint density at radius 1 is 0.826 bits per heavy atom. The van der Waals surface area contributed by atoms with Crippen LogP contribution in [0.3, 0.4) is 0 Å². The van der Waals surface area contributed by atoms with Crippen LogP contribution in [0.25, 0.3) is 0 Å². The molecule has 0 aromatic heterocycles. The summed E-state index contributed by atoms with van der Waals surface area (Å²) < 4.78 is 23.5. The molecule has 0 saturated heterocycles. The fraction of sp³-hybridized carbons (Fsp3) is 0.158. The van der Waals surface area contributed by atoms with E-state index in [0.717, 1.165) is 24.0 Å². The largest absolute Gasteiger partial charge is 0.427 e. The molecule has 120 valence electrons. The van der Waals surface area contributed by atoms with Gasteiger partial charge in [-0.05, 0) is 48.2 Å². The SMILES string of the molecule is C=CCc1ccc(OP(C)(=O)Oc2ccc(CC=C)cc2)cc1. The molecule has 0 N–H and O–H groups in total. The molecule has 2 aromatic carbocycles. The molecule has 0 fully saturated rings. The first-order chi connectivity index (χ1) is 11.0. The first-order valence-corrected chi connectivity index (χ1v) is 9.38. The van der Waals surface area contributed by atoms with Crippen molar-refractivity contribution in [2.45, 2.75) is 12.8 Å². The van der Waals surface area contributed by atoms with Crippen LogP contribution in [-0.4, -0.2) is 6.66 Å². The summed E-state index contributed by atoms with van der Waals surface area (Å²) in [6, 6.07) is 14.8. The fourth-order valence-electron chi connectivity index (χ4n) is 2.11. The number of benzene rings is 2. The molecule has 0 bridgehead atoms. The normalized spacial score (nSPS) is 10.8. The predicted molar refractivity (Wildman–Crippen MR) is 95.5 cm³/mol. The number of allylic oxidation sites excluding steroid dienone is 2. The van der Waals surface area contributed by atoms with Gasteiger partial charge in [-0.25, -0.2) is 4.57 Å². The summed E-state index contributed by atoms with van der Waals surface area (Å²) in [6.45, 7) is 8.86. The zero-order valence-electron chi connectivity index (χ0n) is 13.3. The van der Waals surface area contributed by atoms with Crippen molar-refractivity contribution < 1.29 is 13.6 Å². The van der Waals surface area contributed by atoms with Crippen LogP contribution in [0.2, 0.25) is 0 Å². The van der Waals surface area contributed by atoms with Gasteiger partial charge in [-0.15, -0.1) is 13.2 Å². The van der Waals surface area contributed by atoms with Gasteiger partial charge in [0.25, 0.3) is 0 Å². The molecule has 0 radical (unpaired) electrons. The molecule has 0 aliphatic rings. The van der Waals surface area contributed by atoms with Gasteiger partial charge >= 0.3 is 7.60 Å². The van der Waals surface area contributed by atoms with Gasteiger partial charge in [0.05, 0.1) is 6.66 Å². The highest BCUT2D eigenvalue weighted by molar-refractivity contribution is 7.53. The monoisotopic (exact) mass is 328 g/mol. The van der Waals surface area contributed by atoms with E-state index in [1.54, 1.807) is 24.3 Å². The van der Waals surface area contributed by atoms with Crippen molar-refractivity contribution in [3.8, 4) is 11.5 Å². The van der Waals surface area contributed by atoms with Crippen LogP contribution in [0.15, 0.2) is 73.8 Å². The minimum atomic E-state index is -3.24. The highest BCUT2D eigenvalue weighted by atomic mass is 31.2. The first kappa shape index (κ1) is 17.1. The first-order valence-electron chi connectivity index (χ1n) is 7.39. The highest BCUT2D eigenvalue weighted by Gasteiger charge is 2.20. The second-order valence-electron chi connectivity index (χ2n) is 5.23. The third-order valence-corrected chi connectivity index (χ3v) is 4.23. The average molecular weight is 328 g/mol. The fourth-order valence-corrected chi connectivity index (χ4v) is 3.15. The van der Waals surface area contributed by atoms with E-state index >= 15 is 0 Å². The van der Waals surface area contributed by atoms with Gasteiger partial charge in [0.2, 0.25) is 0 Å². The van der Waals surface area contributed by atoms with Crippen LogP contribution >= 0.6 is 7.60 Å². The summed E-state index contributed by atoms with van der Waals surface area (Å²) in [5, 5.41) is 0.